The van der Waals surface area contributed by atoms with Crippen LogP contribution in [0.4, 0.5) is 20.3 Å². The summed E-state index contributed by atoms with van der Waals surface area (Å²) in [5.74, 6) is -0.777. The number of anilines is 2. The highest BCUT2D eigenvalue weighted by Crippen LogP contribution is 2.20. The van der Waals surface area contributed by atoms with Gasteiger partial charge in [-0.2, -0.15) is 4.52 Å². The van der Waals surface area contributed by atoms with Crippen molar-refractivity contribution in [3.63, 3.8) is 0 Å². The maximum Gasteiger partial charge on any atom is 0.192 e. The normalized spacial score (nSPS) is 10.9. The molecule has 4 rings (SSSR count). The minimum Gasteiger partial charge on any atom is -0.485 e. The van der Waals surface area contributed by atoms with Crippen LogP contribution in [0.15, 0.2) is 54.6 Å². The van der Waals surface area contributed by atoms with Crippen molar-refractivity contribution < 1.29 is 13.5 Å². The lowest BCUT2D eigenvalue weighted by Crippen LogP contribution is -2.06. The zero-order valence-corrected chi connectivity index (χ0v) is 14.5. The number of hydrogen-bond acceptors (Lipinski definition) is 5. The van der Waals surface area contributed by atoms with Gasteiger partial charge in [0.15, 0.2) is 28.9 Å². The summed E-state index contributed by atoms with van der Waals surface area (Å²) in [5.41, 5.74) is 1.30. The van der Waals surface area contributed by atoms with Crippen LogP contribution in [0.3, 0.4) is 0 Å². The van der Waals surface area contributed by atoms with E-state index in [9.17, 15) is 8.78 Å². The molecule has 0 amide bonds. The van der Waals surface area contributed by atoms with Crippen LogP contribution in [0.2, 0.25) is 5.02 Å². The fraction of sp³-hybridized carbons (Fsp3) is 0.0556. The Labute approximate surface area is 157 Å². The van der Waals surface area contributed by atoms with E-state index in [0.717, 1.165) is 17.8 Å². The molecule has 0 saturated heterocycles. The molecule has 0 bridgehead atoms. The zero-order valence-electron chi connectivity index (χ0n) is 13.7. The van der Waals surface area contributed by atoms with Crippen LogP contribution in [-0.4, -0.2) is 19.8 Å². The Kier molecular flexibility index (Phi) is 4.55. The van der Waals surface area contributed by atoms with Crippen LogP contribution in [0.25, 0.3) is 5.65 Å². The average Bonchev–Trinajstić information content (AvgIpc) is 3.05. The molecule has 0 atom stereocenters. The molecule has 27 heavy (non-hydrogen) atoms. The number of halogens is 3. The molecule has 0 radical (unpaired) electrons. The monoisotopic (exact) mass is 387 g/mol. The second kappa shape index (κ2) is 7.16. The topological polar surface area (TPSA) is 64.3 Å². The highest BCUT2D eigenvalue weighted by atomic mass is 35.5. The zero-order chi connectivity index (χ0) is 18.8. The molecule has 0 saturated carbocycles. The summed E-state index contributed by atoms with van der Waals surface area (Å²) in [6.45, 7) is -0.0140. The molecule has 2 aromatic carbocycles. The van der Waals surface area contributed by atoms with Gasteiger partial charge in [0.1, 0.15) is 12.4 Å². The van der Waals surface area contributed by atoms with E-state index >= 15 is 0 Å². The summed E-state index contributed by atoms with van der Waals surface area (Å²) in [6.07, 6.45) is 0. The van der Waals surface area contributed by atoms with Crippen LogP contribution in [0.1, 0.15) is 5.82 Å². The van der Waals surface area contributed by atoms with Gasteiger partial charge in [0.05, 0.1) is 0 Å². The molecule has 0 aliphatic carbocycles. The molecule has 2 heterocycles. The van der Waals surface area contributed by atoms with Gasteiger partial charge in [0, 0.05) is 16.8 Å². The molecule has 1 N–H and O–H groups in total. The van der Waals surface area contributed by atoms with Crippen LogP contribution in [-0.2, 0) is 6.61 Å². The van der Waals surface area contributed by atoms with Crippen molar-refractivity contribution in [2.24, 2.45) is 0 Å². The van der Waals surface area contributed by atoms with Crippen LogP contribution < -0.4 is 10.1 Å². The number of benzene rings is 2. The molecule has 0 fully saturated rings. The Morgan fingerprint density at radius 3 is 2.70 bits per heavy atom. The number of nitrogens with zero attached hydrogens (tertiary/aromatic N) is 4. The molecule has 0 spiro atoms. The van der Waals surface area contributed by atoms with E-state index in [0.29, 0.717) is 22.3 Å². The van der Waals surface area contributed by atoms with Gasteiger partial charge >= 0.3 is 0 Å². The Balaban J connectivity index is 1.55. The molecule has 0 unspecified atom stereocenters. The second-order valence-corrected chi connectivity index (χ2v) is 6.04. The molecule has 4 aromatic rings. The lowest BCUT2D eigenvalue weighted by molar-refractivity contribution is 0.290. The summed E-state index contributed by atoms with van der Waals surface area (Å²) in [6, 6.07) is 14.0. The fourth-order valence-electron chi connectivity index (χ4n) is 2.42. The first kappa shape index (κ1) is 17.2. The summed E-state index contributed by atoms with van der Waals surface area (Å²) >= 11 is 5.98. The van der Waals surface area contributed by atoms with Crippen molar-refractivity contribution in [3.8, 4) is 5.75 Å². The van der Waals surface area contributed by atoms with Gasteiger partial charge in [-0.05, 0) is 42.5 Å². The molecule has 0 aliphatic heterocycles. The van der Waals surface area contributed by atoms with Crippen molar-refractivity contribution in [2.45, 2.75) is 6.61 Å². The maximum absolute atomic E-state index is 13.3. The van der Waals surface area contributed by atoms with E-state index < -0.39 is 11.6 Å². The lowest BCUT2D eigenvalue weighted by atomic mass is 10.3. The second-order valence-electron chi connectivity index (χ2n) is 5.60. The van der Waals surface area contributed by atoms with Crippen molar-refractivity contribution in [1.29, 1.82) is 0 Å². The van der Waals surface area contributed by atoms with Gasteiger partial charge < -0.3 is 10.1 Å². The van der Waals surface area contributed by atoms with E-state index in [1.165, 1.54) is 10.6 Å². The van der Waals surface area contributed by atoms with Gasteiger partial charge in [-0.25, -0.2) is 8.78 Å². The van der Waals surface area contributed by atoms with Gasteiger partial charge in [0.25, 0.3) is 0 Å². The van der Waals surface area contributed by atoms with Gasteiger partial charge in [-0.3, -0.25) is 0 Å². The summed E-state index contributed by atoms with van der Waals surface area (Å²) in [5, 5.41) is 16.2. The van der Waals surface area contributed by atoms with E-state index in [2.05, 4.69) is 20.6 Å². The molecular formula is C18H12ClF2N5O. The smallest absolute Gasteiger partial charge is 0.192 e. The summed E-state index contributed by atoms with van der Waals surface area (Å²) < 4.78 is 33.2. The van der Waals surface area contributed by atoms with E-state index in [1.54, 1.807) is 24.3 Å². The highest BCUT2D eigenvalue weighted by Gasteiger charge is 2.10. The molecule has 9 heteroatoms. The van der Waals surface area contributed by atoms with Gasteiger partial charge in [0.2, 0.25) is 0 Å². The van der Waals surface area contributed by atoms with E-state index in [-0.39, 0.29) is 12.4 Å². The predicted octanol–water partition coefficient (Wildman–Crippen LogP) is 4.38. The highest BCUT2D eigenvalue weighted by molar-refractivity contribution is 6.30. The Bertz CT molecular complexity index is 1120. The Morgan fingerprint density at radius 2 is 1.89 bits per heavy atom. The van der Waals surface area contributed by atoms with Crippen LogP contribution >= 0.6 is 11.6 Å². The number of ether oxygens (including phenoxy) is 1. The first-order valence-corrected chi connectivity index (χ1v) is 8.28. The number of fused-ring (bicyclic) bond motifs is 1. The molecule has 2 aromatic heterocycles. The SMILES string of the molecule is Fc1ccc(OCc2nnc3ccc(Nc4cccc(Cl)c4)nn23)cc1F. The number of nitrogens with one attached hydrogen (secondary N) is 1. The van der Waals surface area contributed by atoms with E-state index in [4.69, 9.17) is 16.3 Å². The molecule has 136 valence electrons. The third-order valence-electron chi connectivity index (χ3n) is 3.68. The molecular weight excluding hydrogens is 376 g/mol. The fourth-order valence-corrected chi connectivity index (χ4v) is 2.61. The van der Waals surface area contributed by atoms with Crippen molar-refractivity contribution >= 4 is 28.8 Å². The van der Waals surface area contributed by atoms with Crippen molar-refractivity contribution in [2.75, 3.05) is 5.32 Å². The number of rotatable bonds is 5. The average molecular weight is 388 g/mol. The standard InChI is InChI=1S/C18H12ClF2N5O/c19-11-2-1-3-12(8-11)22-16-6-7-17-23-24-18(26(17)25-16)10-27-13-4-5-14(20)15(21)9-13/h1-9H,10H2,(H,22,25). The summed E-state index contributed by atoms with van der Waals surface area (Å²) in [4.78, 5) is 0. The lowest BCUT2D eigenvalue weighted by Gasteiger charge is -2.07. The number of hydrogen-bond donors (Lipinski definition) is 1. The first-order chi connectivity index (χ1) is 13.1. The predicted molar refractivity (Wildman–Crippen MR) is 96.2 cm³/mol. The first-order valence-electron chi connectivity index (χ1n) is 7.90. The third-order valence-corrected chi connectivity index (χ3v) is 3.92. The summed E-state index contributed by atoms with van der Waals surface area (Å²) in [7, 11) is 0. The molecule has 6 nitrogen and oxygen atoms in total. The van der Waals surface area contributed by atoms with Crippen LogP contribution in [0.5, 0.6) is 5.75 Å². The number of aromatic nitrogens is 4. The Morgan fingerprint density at radius 1 is 1.00 bits per heavy atom. The molecule has 0 aliphatic rings. The van der Waals surface area contributed by atoms with Gasteiger partial charge in [-0.1, -0.05) is 17.7 Å². The van der Waals surface area contributed by atoms with Crippen LogP contribution in [0, 0.1) is 11.6 Å². The largest absolute Gasteiger partial charge is 0.485 e. The maximum atomic E-state index is 13.3. The quantitative estimate of drug-likeness (QED) is 0.550. The minimum atomic E-state index is -0.982. The Hall–Kier alpha value is -3.26. The van der Waals surface area contributed by atoms with Crippen molar-refractivity contribution in [3.05, 3.63) is 77.1 Å². The van der Waals surface area contributed by atoms with Gasteiger partial charge in [-0.15, -0.1) is 15.3 Å². The van der Waals surface area contributed by atoms with E-state index in [1.807, 2.05) is 12.1 Å². The van der Waals surface area contributed by atoms with Crippen molar-refractivity contribution in [1.82, 2.24) is 19.8 Å². The minimum absolute atomic E-state index is 0.0140. The third kappa shape index (κ3) is 3.80.